The zero-order valence-corrected chi connectivity index (χ0v) is 8.74. The lowest BCUT2D eigenvalue weighted by atomic mass is 9.74. The first-order valence-corrected chi connectivity index (χ1v) is 5.56. The van der Waals surface area contributed by atoms with Crippen LogP contribution in [0.15, 0.2) is 0 Å². The van der Waals surface area contributed by atoms with Crippen molar-refractivity contribution in [2.24, 2.45) is 11.8 Å². The summed E-state index contributed by atoms with van der Waals surface area (Å²) in [5.74, 6) is 0.545. The molecule has 0 spiro atoms. The third-order valence-electron chi connectivity index (χ3n) is 3.40. The van der Waals surface area contributed by atoms with Gasteiger partial charge in [0.2, 0.25) is 0 Å². The van der Waals surface area contributed by atoms with Gasteiger partial charge in [0.1, 0.15) is 0 Å². The molecule has 4 unspecified atom stereocenters. The topological polar surface area (TPSA) is 40.5 Å². The molecule has 0 bridgehead atoms. The Morgan fingerprint density at radius 1 is 1.15 bits per heavy atom. The van der Waals surface area contributed by atoms with Gasteiger partial charge in [-0.25, -0.2) is 0 Å². The Balaban J connectivity index is 2.55. The number of rotatable bonds is 3. The molecule has 0 radical (unpaired) electrons. The zero-order chi connectivity index (χ0) is 9.84. The molecule has 0 amide bonds. The Labute approximate surface area is 81.0 Å². The molecule has 0 aromatic heterocycles. The van der Waals surface area contributed by atoms with Crippen molar-refractivity contribution in [3.05, 3.63) is 0 Å². The van der Waals surface area contributed by atoms with Crippen LogP contribution in [0.5, 0.6) is 0 Å². The largest absolute Gasteiger partial charge is 0.393 e. The van der Waals surface area contributed by atoms with E-state index < -0.39 is 0 Å². The molecule has 1 aliphatic rings. The van der Waals surface area contributed by atoms with Crippen LogP contribution >= 0.6 is 0 Å². The lowest BCUT2D eigenvalue weighted by molar-refractivity contribution is -0.0613. The number of hydrogen-bond donors (Lipinski definition) is 2. The van der Waals surface area contributed by atoms with E-state index in [-0.39, 0.29) is 18.1 Å². The Kier molecular flexibility index (Phi) is 4.20. The standard InChI is InChI=1S/C11H22O2/c1-3-5-9-10(12)7-6-8(4-2)11(9)13/h8-13H,3-7H2,1-2H3. The van der Waals surface area contributed by atoms with Crippen LogP contribution in [0, 0.1) is 11.8 Å². The van der Waals surface area contributed by atoms with Crippen molar-refractivity contribution in [1.29, 1.82) is 0 Å². The second kappa shape index (κ2) is 4.97. The highest BCUT2D eigenvalue weighted by atomic mass is 16.3. The van der Waals surface area contributed by atoms with Gasteiger partial charge < -0.3 is 10.2 Å². The van der Waals surface area contributed by atoms with Gasteiger partial charge >= 0.3 is 0 Å². The van der Waals surface area contributed by atoms with Crippen molar-refractivity contribution < 1.29 is 10.2 Å². The lowest BCUT2D eigenvalue weighted by Gasteiger charge is -2.37. The average Bonchev–Trinajstić information content (AvgIpc) is 2.12. The van der Waals surface area contributed by atoms with E-state index in [0.717, 1.165) is 32.1 Å². The molecule has 1 fully saturated rings. The van der Waals surface area contributed by atoms with Crippen molar-refractivity contribution in [3.63, 3.8) is 0 Å². The van der Waals surface area contributed by atoms with Gasteiger partial charge in [0.15, 0.2) is 0 Å². The second-order valence-corrected chi connectivity index (χ2v) is 4.26. The Morgan fingerprint density at radius 3 is 2.38 bits per heavy atom. The van der Waals surface area contributed by atoms with Crippen LogP contribution in [-0.4, -0.2) is 22.4 Å². The van der Waals surface area contributed by atoms with Gasteiger partial charge in [0, 0.05) is 5.92 Å². The van der Waals surface area contributed by atoms with Crippen LogP contribution in [0.1, 0.15) is 46.0 Å². The summed E-state index contributed by atoms with van der Waals surface area (Å²) in [7, 11) is 0. The van der Waals surface area contributed by atoms with Crippen molar-refractivity contribution in [2.45, 2.75) is 58.2 Å². The molecule has 2 nitrogen and oxygen atoms in total. The highest BCUT2D eigenvalue weighted by Crippen LogP contribution is 2.34. The molecule has 1 rings (SSSR count). The fourth-order valence-electron chi connectivity index (χ4n) is 2.49. The lowest BCUT2D eigenvalue weighted by Crippen LogP contribution is -2.41. The number of hydrogen-bond acceptors (Lipinski definition) is 2. The van der Waals surface area contributed by atoms with Crippen LogP contribution in [0.4, 0.5) is 0 Å². The molecule has 0 saturated heterocycles. The highest BCUT2D eigenvalue weighted by molar-refractivity contribution is 4.86. The zero-order valence-electron chi connectivity index (χ0n) is 8.74. The van der Waals surface area contributed by atoms with E-state index in [2.05, 4.69) is 13.8 Å². The molecule has 0 aliphatic heterocycles. The molecule has 2 N–H and O–H groups in total. The van der Waals surface area contributed by atoms with E-state index >= 15 is 0 Å². The van der Waals surface area contributed by atoms with Gasteiger partial charge in [0.05, 0.1) is 12.2 Å². The Morgan fingerprint density at radius 2 is 1.85 bits per heavy atom. The van der Waals surface area contributed by atoms with Gasteiger partial charge in [-0.05, 0) is 25.2 Å². The predicted octanol–water partition coefficient (Wildman–Crippen LogP) is 1.94. The van der Waals surface area contributed by atoms with Crippen molar-refractivity contribution in [2.75, 3.05) is 0 Å². The van der Waals surface area contributed by atoms with E-state index in [1.807, 2.05) is 0 Å². The normalized spacial score (nSPS) is 40.6. The maximum Gasteiger partial charge on any atom is 0.0621 e. The van der Waals surface area contributed by atoms with Crippen LogP contribution in [-0.2, 0) is 0 Å². The Bertz CT molecular complexity index is 147. The second-order valence-electron chi connectivity index (χ2n) is 4.26. The minimum Gasteiger partial charge on any atom is -0.393 e. The summed E-state index contributed by atoms with van der Waals surface area (Å²) >= 11 is 0. The summed E-state index contributed by atoms with van der Waals surface area (Å²) in [6.45, 7) is 4.23. The summed E-state index contributed by atoms with van der Waals surface area (Å²) in [6, 6.07) is 0. The maximum absolute atomic E-state index is 9.97. The summed E-state index contributed by atoms with van der Waals surface area (Å²) in [4.78, 5) is 0. The molecule has 13 heavy (non-hydrogen) atoms. The molecule has 0 heterocycles. The minimum atomic E-state index is -0.270. The molecular weight excluding hydrogens is 164 g/mol. The van der Waals surface area contributed by atoms with Crippen molar-refractivity contribution >= 4 is 0 Å². The van der Waals surface area contributed by atoms with Gasteiger partial charge in [0.25, 0.3) is 0 Å². The van der Waals surface area contributed by atoms with E-state index in [0.29, 0.717) is 5.92 Å². The van der Waals surface area contributed by atoms with E-state index in [1.165, 1.54) is 0 Å². The number of aliphatic hydroxyl groups is 2. The van der Waals surface area contributed by atoms with E-state index in [9.17, 15) is 10.2 Å². The predicted molar refractivity (Wildman–Crippen MR) is 53.4 cm³/mol. The van der Waals surface area contributed by atoms with Crippen molar-refractivity contribution in [1.82, 2.24) is 0 Å². The van der Waals surface area contributed by atoms with Crippen LogP contribution in [0.3, 0.4) is 0 Å². The fourth-order valence-corrected chi connectivity index (χ4v) is 2.49. The third-order valence-corrected chi connectivity index (χ3v) is 3.40. The first kappa shape index (κ1) is 11.0. The van der Waals surface area contributed by atoms with Crippen LogP contribution in [0.25, 0.3) is 0 Å². The van der Waals surface area contributed by atoms with Crippen LogP contribution in [0.2, 0.25) is 0 Å². The molecule has 78 valence electrons. The first-order valence-electron chi connectivity index (χ1n) is 5.56. The minimum absolute atomic E-state index is 0.128. The summed E-state index contributed by atoms with van der Waals surface area (Å²) in [5, 5.41) is 19.7. The average molecular weight is 186 g/mol. The summed E-state index contributed by atoms with van der Waals surface area (Å²) in [5.41, 5.74) is 0. The van der Waals surface area contributed by atoms with Gasteiger partial charge in [-0.3, -0.25) is 0 Å². The van der Waals surface area contributed by atoms with Gasteiger partial charge in [-0.2, -0.15) is 0 Å². The number of aliphatic hydroxyl groups excluding tert-OH is 2. The first-order chi connectivity index (χ1) is 6.20. The molecule has 0 aromatic rings. The molecule has 2 heteroatoms. The van der Waals surface area contributed by atoms with E-state index in [4.69, 9.17) is 0 Å². The monoisotopic (exact) mass is 186 g/mol. The van der Waals surface area contributed by atoms with E-state index in [1.54, 1.807) is 0 Å². The smallest absolute Gasteiger partial charge is 0.0621 e. The SMILES string of the molecule is CCCC1C(O)CCC(CC)C1O. The van der Waals surface area contributed by atoms with Crippen LogP contribution < -0.4 is 0 Å². The molecule has 0 aromatic carbocycles. The fraction of sp³-hybridized carbons (Fsp3) is 1.00. The van der Waals surface area contributed by atoms with Crippen molar-refractivity contribution in [3.8, 4) is 0 Å². The maximum atomic E-state index is 9.97. The molecule has 4 atom stereocenters. The van der Waals surface area contributed by atoms with Gasteiger partial charge in [-0.1, -0.05) is 26.7 Å². The Hall–Kier alpha value is -0.0800. The molecule has 1 saturated carbocycles. The molecule has 1 aliphatic carbocycles. The summed E-state index contributed by atoms with van der Waals surface area (Å²) < 4.78 is 0. The molecular formula is C11H22O2. The highest BCUT2D eigenvalue weighted by Gasteiger charge is 2.35. The van der Waals surface area contributed by atoms with Gasteiger partial charge in [-0.15, -0.1) is 0 Å². The summed E-state index contributed by atoms with van der Waals surface area (Å²) in [6.07, 6.45) is 4.37. The third kappa shape index (κ3) is 2.44. The quantitative estimate of drug-likeness (QED) is 0.707.